The van der Waals surface area contributed by atoms with Crippen molar-refractivity contribution in [1.29, 1.82) is 0 Å². The number of hydrogen-bond donors (Lipinski definition) is 1. The highest BCUT2D eigenvalue weighted by molar-refractivity contribution is 5.94. The normalized spacial score (nSPS) is 13.2. The van der Waals surface area contributed by atoms with E-state index in [1.807, 2.05) is 0 Å². The Morgan fingerprint density at radius 3 is 2.61 bits per heavy atom. The van der Waals surface area contributed by atoms with Gasteiger partial charge in [-0.25, -0.2) is 0 Å². The second-order valence-electron chi connectivity index (χ2n) is 3.76. The molecule has 7 heteroatoms. The number of pyridine rings is 1. The van der Waals surface area contributed by atoms with E-state index in [0.717, 1.165) is 18.3 Å². The fourth-order valence-electron chi connectivity index (χ4n) is 1.29. The molecule has 1 N–H and O–H groups in total. The van der Waals surface area contributed by atoms with Crippen molar-refractivity contribution < 1.29 is 22.7 Å². The van der Waals surface area contributed by atoms with Gasteiger partial charge >= 0.3 is 6.18 Å². The van der Waals surface area contributed by atoms with E-state index >= 15 is 0 Å². The van der Waals surface area contributed by atoms with Crippen molar-refractivity contribution in [3.63, 3.8) is 0 Å². The minimum atomic E-state index is -4.50. The first-order valence-corrected chi connectivity index (χ1v) is 5.17. The third kappa shape index (κ3) is 3.99. The number of aromatic nitrogens is 1. The number of nitrogens with one attached hydrogen (secondary N) is 1. The summed E-state index contributed by atoms with van der Waals surface area (Å²) in [6.07, 6.45) is -3.60. The fourth-order valence-corrected chi connectivity index (χ4v) is 1.29. The zero-order valence-electron chi connectivity index (χ0n) is 9.91. The lowest BCUT2D eigenvalue weighted by atomic mass is 10.2. The van der Waals surface area contributed by atoms with Gasteiger partial charge in [0.25, 0.3) is 5.91 Å². The summed E-state index contributed by atoms with van der Waals surface area (Å²) < 4.78 is 41.6. The van der Waals surface area contributed by atoms with Crippen molar-refractivity contribution in [3.8, 4) is 0 Å². The Kier molecular flexibility index (Phi) is 4.66. The van der Waals surface area contributed by atoms with Gasteiger partial charge in [0, 0.05) is 19.3 Å². The number of alkyl halides is 3. The van der Waals surface area contributed by atoms with E-state index in [0.29, 0.717) is 6.61 Å². The first-order valence-electron chi connectivity index (χ1n) is 5.17. The van der Waals surface area contributed by atoms with Crippen LogP contribution in [0.1, 0.15) is 23.0 Å². The van der Waals surface area contributed by atoms with E-state index in [9.17, 15) is 18.0 Å². The van der Waals surface area contributed by atoms with Crippen molar-refractivity contribution in [3.05, 3.63) is 29.6 Å². The molecule has 0 aliphatic rings. The van der Waals surface area contributed by atoms with Gasteiger partial charge in [-0.3, -0.25) is 9.78 Å². The van der Waals surface area contributed by atoms with Crippen LogP contribution in [-0.2, 0) is 10.9 Å². The topological polar surface area (TPSA) is 51.2 Å². The van der Waals surface area contributed by atoms with Crippen molar-refractivity contribution in [2.45, 2.75) is 19.1 Å². The Bertz CT molecular complexity index is 404. The van der Waals surface area contributed by atoms with Gasteiger partial charge in [0.05, 0.1) is 12.2 Å². The van der Waals surface area contributed by atoms with E-state index in [2.05, 4.69) is 10.3 Å². The van der Waals surface area contributed by atoms with Crippen LogP contribution < -0.4 is 5.32 Å². The molecule has 0 aliphatic carbocycles. The van der Waals surface area contributed by atoms with Gasteiger partial charge in [-0.05, 0) is 19.1 Å². The lowest BCUT2D eigenvalue weighted by Crippen LogP contribution is -2.35. The van der Waals surface area contributed by atoms with Crippen LogP contribution in [-0.4, -0.2) is 30.6 Å². The maximum absolute atomic E-state index is 12.3. The Balaban J connectivity index is 2.71. The van der Waals surface area contributed by atoms with Gasteiger partial charge in [0.15, 0.2) is 0 Å². The average molecular weight is 262 g/mol. The lowest BCUT2D eigenvalue weighted by Gasteiger charge is -2.12. The second-order valence-corrected chi connectivity index (χ2v) is 3.76. The fraction of sp³-hybridized carbons (Fsp3) is 0.455. The highest BCUT2D eigenvalue weighted by Crippen LogP contribution is 2.27. The predicted molar refractivity (Wildman–Crippen MR) is 58.0 cm³/mol. The summed E-state index contributed by atoms with van der Waals surface area (Å²) in [6.45, 7) is 2.04. The summed E-state index contributed by atoms with van der Waals surface area (Å²) in [5.41, 5.74) is -0.949. The highest BCUT2D eigenvalue weighted by Gasteiger charge is 2.32. The SMILES string of the molecule is COC[C@@H](C)NC(=O)c1ccc(C(F)(F)F)nc1. The third-order valence-electron chi connectivity index (χ3n) is 2.11. The molecule has 4 nitrogen and oxygen atoms in total. The Hall–Kier alpha value is -1.63. The van der Waals surface area contributed by atoms with Gasteiger partial charge in [-0.1, -0.05) is 0 Å². The zero-order valence-corrected chi connectivity index (χ0v) is 9.91. The Morgan fingerprint density at radius 2 is 2.17 bits per heavy atom. The molecule has 0 aliphatic heterocycles. The maximum Gasteiger partial charge on any atom is 0.433 e. The molecule has 1 aromatic heterocycles. The molecule has 0 saturated carbocycles. The molecule has 0 fully saturated rings. The molecule has 1 heterocycles. The van der Waals surface area contributed by atoms with E-state index in [1.165, 1.54) is 7.11 Å². The molecule has 1 amide bonds. The number of ether oxygens (including phenoxy) is 1. The minimum Gasteiger partial charge on any atom is -0.383 e. The van der Waals surface area contributed by atoms with Gasteiger partial charge in [0.1, 0.15) is 5.69 Å². The second kappa shape index (κ2) is 5.81. The molecule has 0 radical (unpaired) electrons. The molecule has 1 aromatic rings. The number of hydrogen-bond acceptors (Lipinski definition) is 3. The zero-order chi connectivity index (χ0) is 13.8. The summed E-state index contributed by atoms with van der Waals surface area (Å²) in [5, 5.41) is 2.57. The first-order chi connectivity index (χ1) is 8.34. The van der Waals surface area contributed by atoms with E-state index in [1.54, 1.807) is 6.92 Å². The van der Waals surface area contributed by atoms with Gasteiger partial charge in [0.2, 0.25) is 0 Å². The Labute approximate surface area is 102 Å². The number of halogens is 3. The number of amides is 1. The molecule has 0 bridgehead atoms. The van der Waals surface area contributed by atoms with E-state index < -0.39 is 17.8 Å². The van der Waals surface area contributed by atoms with Crippen molar-refractivity contribution in [1.82, 2.24) is 10.3 Å². The van der Waals surface area contributed by atoms with Gasteiger partial charge < -0.3 is 10.1 Å². The monoisotopic (exact) mass is 262 g/mol. The molecular formula is C11H13F3N2O2. The lowest BCUT2D eigenvalue weighted by molar-refractivity contribution is -0.141. The maximum atomic E-state index is 12.3. The van der Waals surface area contributed by atoms with E-state index in [-0.39, 0.29) is 11.6 Å². The molecule has 0 spiro atoms. The van der Waals surface area contributed by atoms with Crippen LogP contribution in [0.3, 0.4) is 0 Å². The number of carbonyl (C=O) groups excluding carboxylic acids is 1. The quantitative estimate of drug-likeness (QED) is 0.901. The van der Waals surface area contributed by atoms with E-state index in [4.69, 9.17) is 4.74 Å². The summed E-state index contributed by atoms with van der Waals surface area (Å²) in [5.74, 6) is -0.485. The van der Waals surface area contributed by atoms with Crippen LogP contribution in [0, 0.1) is 0 Å². The standard InChI is InChI=1S/C11H13F3N2O2/c1-7(6-18-2)16-10(17)8-3-4-9(15-5-8)11(12,13)14/h3-5,7H,6H2,1-2H3,(H,16,17)/t7-/m1/s1. The molecule has 18 heavy (non-hydrogen) atoms. The molecule has 0 aromatic carbocycles. The molecule has 1 rings (SSSR count). The van der Waals surface area contributed by atoms with Crippen molar-refractivity contribution in [2.75, 3.05) is 13.7 Å². The summed E-state index contributed by atoms with van der Waals surface area (Å²) >= 11 is 0. The summed E-state index contributed by atoms with van der Waals surface area (Å²) in [4.78, 5) is 14.8. The molecule has 100 valence electrons. The molecule has 1 atom stereocenters. The Morgan fingerprint density at radius 1 is 1.50 bits per heavy atom. The van der Waals surface area contributed by atoms with Crippen LogP contribution in [0.4, 0.5) is 13.2 Å². The average Bonchev–Trinajstić information content (AvgIpc) is 2.28. The molecular weight excluding hydrogens is 249 g/mol. The predicted octanol–water partition coefficient (Wildman–Crippen LogP) is 1.87. The molecule has 0 unspecified atom stereocenters. The largest absolute Gasteiger partial charge is 0.433 e. The third-order valence-corrected chi connectivity index (χ3v) is 2.11. The van der Waals surface area contributed by atoms with Gasteiger partial charge in [-0.15, -0.1) is 0 Å². The number of rotatable bonds is 4. The van der Waals surface area contributed by atoms with Crippen LogP contribution >= 0.6 is 0 Å². The minimum absolute atomic E-state index is 0.0750. The van der Waals surface area contributed by atoms with Gasteiger partial charge in [-0.2, -0.15) is 13.2 Å². The van der Waals surface area contributed by atoms with Crippen molar-refractivity contribution >= 4 is 5.91 Å². The number of methoxy groups -OCH3 is 1. The highest BCUT2D eigenvalue weighted by atomic mass is 19.4. The first kappa shape index (κ1) is 14.4. The van der Waals surface area contributed by atoms with Crippen LogP contribution in [0.25, 0.3) is 0 Å². The number of nitrogens with zero attached hydrogens (tertiary/aromatic N) is 1. The smallest absolute Gasteiger partial charge is 0.383 e. The summed E-state index contributed by atoms with van der Waals surface area (Å²) in [6, 6.07) is 1.63. The van der Waals surface area contributed by atoms with Crippen LogP contribution in [0.2, 0.25) is 0 Å². The van der Waals surface area contributed by atoms with Crippen molar-refractivity contribution in [2.24, 2.45) is 0 Å². The molecule has 0 saturated heterocycles. The summed E-state index contributed by atoms with van der Waals surface area (Å²) in [7, 11) is 1.49. The number of carbonyl (C=O) groups is 1. The van der Waals surface area contributed by atoms with Crippen LogP contribution in [0.5, 0.6) is 0 Å². The van der Waals surface area contributed by atoms with Crippen LogP contribution in [0.15, 0.2) is 18.3 Å².